The van der Waals surface area contributed by atoms with E-state index in [0.717, 1.165) is 52.0 Å². The molecular formula is C16H30N2O3. The SMILES string of the molecule is CC(C)(C)OC(=O)NC1CCN(C2(C)CCOCC2)CC1. The molecule has 0 unspecified atom stereocenters. The van der Waals surface area contributed by atoms with Gasteiger partial charge in [-0.05, 0) is 53.4 Å². The van der Waals surface area contributed by atoms with Gasteiger partial charge in [0, 0.05) is 37.9 Å². The molecule has 0 aliphatic carbocycles. The molecular weight excluding hydrogens is 268 g/mol. The quantitative estimate of drug-likeness (QED) is 0.851. The van der Waals surface area contributed by atoms with Gasteiger partial charge in [0.1, 0.15) is 5.60 Å². The predicted octanol–water partition coefficient (Wildman–Crippen LogP) is 2.54. The number of nitrogens with one attached hydrogen (secondary N) is 1. The van der Waals surface area contributed by atoms with Crippen LogP contribution in [0.3, 0.4) is 0 Å². The number of amides is 1. The van der Waals surface area contributed by atoms with Crippen molar-refractivity contribution in [2.75, 3.05) is 26.3 Å². The first-order chi connectivity index (χ1) is 9.78. The van der Waals surface area contributed by atoms with E-state index in [1.807, 2.05) is 20.8 Å². The van der Waals surface area contributed by atoms with E-state index >= 15 is 0 Å². The van der Waals surface area contributed by atoms with E-state index in [4.69, 9.17) is 9.47 Å². The molecule has 0 aromatic rings. The Morgan fingerprint density at radius 3 is 2.33 bits per heavy atom. The molecule has 0 atom stereocenters. The van der Waals surface area contributed by atoms with Crippen LogP contribution in [-0.4, -0.2) is 54.5 Å². The van der Waals surface area contributed by atoms with Crippen molar-refractivity contribution in [2.45, 2.75) is 70.6 Å². The molecule has 2 heterocycles. The van der Waals surface area contributed by atoms with Crippen molar-refractivity contribution in [1.29, 1.82) is 0 Å². The standard InChI is InChI=1S/C16H30N2O3/c1-15(2,3)21-14(19)17-13-5-9-18(10-6-13)16(4)7-11-20-12-8-16/h13H,5-12H2,1-4H3,(H,17,19). The molecule has 21 heavy (non-hydrogen) atoms. The number of hydrogen-bond donors (Lipinski definition) is 1. The van der Waals surface area contributed by atoms with Crippen LogP contribution in [0, 0.1) is 0 Å². The maximum atomic E-state index is 11.8. The third kappa shape index (κ3) is 4.85. The molecule has 0 bridgehead atoms. The minimum Gasteiger partial charge on any atom is -0.444 e. The van der Waals surface area contributed by atoms with E-state index in [1.54, 1.807) is 0 Å². The number of carbonyl (C=O) groups excluding carboxylic acids is 1. The van der Waals surface area contributed by atoms with Gasteiger partial charge in [0.25, 0.3) is 0 Å². The molecule has 2 aliphatic rings. The Balaban J connectivity index is 1.76. The van der Waals surface area contributed by atoms with Gasteiger partial charge in [0.05, 0.1) is 0 Å². The molecule has 1 amide bonds. The maximum Gasteiger partial charge on any atom is 0.407 e. The smallest absolute Gasteiger partial charge is 0.407 e. The van der Waals surface area contributed by atoms with Crippen LogP contribution in [0.15, 0.2) is 0 Å². The molecule has 2 aliphatic heterocycles. The summed E-state index contributed by atoms with van der Waals surface area (Å²) < 4.78 is 10.8. The average molecular weight is 298 g/mol. The van der Waals surface area contributed by atoms with Crippen LogP contribution in [0.5, 0.6) is 0 Å². The summed E-state index contributed by atoms with van der Waals surface area (Å²) in [4.78, 5) is 14.4. The van der Waals surface area contributed by atoms with Gasteiger partial charge in [-0.3, -0.25) is 4.90 Å². The van der Waals surface area contributed by atoms with Gasteiger partial charge in [-0.15, -0.1) is 0 Å². The zero-order valence-electron chi connectivity index (χ0n) is 13.9. The fourth-order valence-corrected chi connectivity index (χ4v) is 3.17. The fraction of sp³-hybridized carbons (Fsp3) is 0.938. The third-order valence-corrected chi connectivity index (χ3v) is 4.55. The summed E-state index contributed by atoms with van der Waals surface area (Å²) in [5.41, 5.74) is -0.157. The number of alkyl carbamates (subject to hydrolysis) is 1. The summed E-state index contributed by atoms with van der Waals surface area (Å²) in [7, 11) is 0. The molecule has 0 aromatic heterocycles. The van der Waals surface area contributed by atoms with E-state index < -0.39 is 5.60 Å². The van der Waals surface area contributed by atoms with E-state index in [1.165, 1.54) is 0 Å². The number of likely N-dealkylation sites (tertiary alicyclic amines) is 1. The Bertz CT molecular complexity index is 351. The summed E-state index contributed by atoms with van der Waals surface area (Å²) in [6.45, 7) is 11.8. The second kappa shape index (κ2) is 6.53. The highest BCUT2D eigenvalue weighted by Crippen LogP contribution is 2.30. The highest BCUT2D eigenvalue weighted by Gasteiger charge is 2.36. The zero-order valence-corrected chi connectivity index (χ0v) is 13.9. The lowest BCUT2D eigenvalue weighted by Gasteiger charge is -2.47. The van der Waals surface area contributed by atoms with Crippen molar-refractivity contribution in [3.8, 4) is 0 Å². The first-order valence-corrected chi connectivity index (χ1v) is 8.11. The molecule has 0 radical (unpaired) electrons. The molecule has 2 fully saturated rings. The van der Waals surface area contributed by atoms with Gasteiger partial charge < -0.3 is 14.8 Å². The van der Waals surface area contributed by atoms with Crippen molar-refractivity contribution in [3.05, 3.63) is 0 Å². The minimum absolute atomic E-state index is 0.236. The molecule has 0 aromatic carbocycles. The van der Waals surface area contributed by atoms with Crippen molar-refractivity contribution in [1.82, 2.24) is 10.2 Å². The monoisotopic (exact) mass is 298 g/mol. The molecule has 1 N–H and O–H groups in total. The van der Waals surface area contributed by atoms with E-state index in [0.29, 0.717) is 0 Å². The normalized spacial score (nSPS) is 24.6. The Hall–Kier alpha value is -0.810. The molecule has 0 saturated carbocycles. The van der Waals surface area contributed by atoms with Gasteiger partial charge in [-0.1, -0.05) is 0 Å². The number of nitrogens with zero attached hydrogens (tertiary/aromatic N) is 1. The molecule has 5 heteroatoms. The van der Waals surface area contributed by atoms with Crippen LogP contribution in [0.4, 0.5) is 4.79 Å². The van der Waals surface area contributed by atoms with Crippen molar-refractivity contribution >= 4 is 6.09 Å². The Labute approximate surface area is 128 Å². The second-order valence-corrected chi connectivity index (χ2v) is 7.52. The summed E-state index contributed by atoms with van der Waals surface area (Å²) >= 11 is 0. The first-order valence-electron chi connectivity index (χ1n) is 8.11. The largest absolute Gasteiger partial charge is 0.444 e. The number of carbonyl (C=O) groups is 1. The fourth-order valence-electron chi connectivity index (χ4n) is 3.17. The Kier molecular flexibility index (Phi) is 5.15. The highest BCUT2D eigenvalue weighted by molar-refractivity contribution is 5.68. The Morgan fingerprint density at radius 2 is 1.81 bits per heavy atom. The maximum absolute atomic E-state index is 11.8. The van der Waals surface area contributed by atoms with Gasteiger partial charge in [0.15, 0.2) is 0 Å². The summed E-state index contributed by atoms with van der Waals surface area (Å²) in [5, 5.41) is 3.00. The highest BCUT2D eigenvalue weighted by atomic mass is 16.6. The van der Waals surface area contributed by atoms with E-state index in [9.17, 15) is 4.79 Å². The van der Waals surface area contributed by atoms with E-state index in [2.05, 4.69) is 17.1 Å². The van der Waals surface area contributed by atoms with E-state index in [-0.39, 0.29) is 17.7 Å². The summed E-state index contributed by atoms with van der Waals surface area (Å²) in [6.07, 6.45) is 3.91. The van der Waals surface area contributed by atoms with Crippen LogP contribution in [-0.2, 0) is 9.47 Å². The predicted molar refractivity (Wildman–Crippen MR) is 82.4 cm³/mol. The summed E-state index contributed by atoms with van der Waals surface area (Å²) in [5.74, 6) is 0. The topological polar surface area (TPSA) is 50.8 Å². The average Bonchev–Trinajstić information content (AvgIpc) is 2.38. The van der Waals surface area contributed by atoms with Gasteiger partial charge >= 0.3 is 6.09 Å². The molecule has 2 saturated heterocycles. The van der Waals surface area contributed by atoms with Crippen LogP contribution in [0.2, 0.25) is 0 Å². The lowest BCUT2D eigenvalue weighted by atomic mass is 9.88. The molecule has 5 nitrogen and oxygen atoms in total. The number of hydrogen-bond acceptors (Lipinski definition) is 4. The molecule has 122 valence electrons. The molecule has 0 spiro atoms. The third-order valence-electron chi connectivity index (χ3n) is 4.55. The van der Waals surface area contributed by atoms with Crippen LogP contribution < -0.4 is 5.32 Å². The molecule has 2 rings (SSSR count). The van der Waals surface area contributed by atoms with Gasteiger partial charge in [0.2, 0.25) is 0 Å². The minimum atomic E-state index is -0.430. The second-order valence-electron chi connectivity index (χ2n) is 7.52. The van der Waals surface area contributed by atoms with Crippen molar-refractivity contribution in [3.63, 3.8) is 0 Å². The van der Waals surface area contributed by atoms with Crippen molar-refractivity contribution < 1.29 is 14.3 Å². The van der Waals surface area contributed by atoms with Crippen LogP contribution >= 0.6 is 0 Å². The first kappa shape index (κ1) is 16.6. The number of ether oxygens (including phenoxy) is 2. The van der Waals surface area contributed by atoms with Crippen molar-refractivity contribution in [2.24, 2.45) is 0 Å². The lowest BCUT2D eigenvalue weighted by molar-refractivity contribution is -0.0299. The van der Waals surface area contributed by atoms with Gasteiger partial charge in [-0.2, -0.15) is 0 Å². The number of piperidine rings is 1. The number of rotatable bonds is 2. The van der Waals surface area contributed by atoms with Gasteiger partial charge in [-0.25, -0.2) is 4.79 Å². The summed E-state index contributed by atoms with van der Waals surface area (Å²) in [6, 6.07) is 0.236. The van der Waals surface area contributed by atoms with Crippen LogP contribution in [0.1, 0.15) is 53.4 Å². The van der Waals surface area contributed by atoms with Crippen LogP contribution in [0.25, 0.3) is 0 Å². The lowest BCUT2D eigenvalue weighted by Crippen LogP contribution is -2.55. The Morgan fingerprint density at radius 1 is 1.24 bits per heavy atom. The zero-order chi connectivity index (χ0) is 15.5.